The van der Waals surface area contributed by atoms with E-state index in [0.717, 1.165) is 20.2 Å². The predicted octanol–water partition coefficient (Wildman–Crippen LogP) is 4.27. The van der Waals surface area contributed by atoms with E-state index in [1.807, 2.05) is 24.5 Å². The lowest BCUT2D eigenvalue weighted by molar-refractivity contribution is 0.318. The minimum atomic E-state index is 0.145. The molecule has 0 heterocycles. The van der Waals surface area contributed by atoms with Crippen LogP contribution < -0.4 is 5.73 Å². The van der Waals surface area contributed by atoms with Crippen molar-refractivity contribution < 1.29 is 5.21 Å². The molecule has 0 aromatic heterocycles. The van der Waals surface area contributed by atoms with E-state index in [9.17, 15) is 0 Å². The molecule has 2 rings (SSSR count). The molecule has 0 aliphatic carbocycles. The van der Waals surface area contributed by atoms with Crippen LogP contribution in [-0.2, 0) is 0 Å². The number of hydrogen-bond acceptors (Lipinski definition) is 4. The van der Waals surface area contributed by atoms with Gasteiger partial charge in [-0.25, -0.2) is 0 Å². The summed E-state index contributed by atoms with van der Waals surface area (Å²) in [5.74, 6) is 0.145. The number of amidine groups is 1. The predicted molar refractivity (Wildman–Crippen MR) is 90.8 cm³/mol. The summed E-state index contributed by atoms with van der Waals surface area (Å²) in [4.78, 5) is 3.13. The highest BCUT2D eigenvalue weighted by molar-refractivity contribution is 8.00. The van der Waals surface area contributed by atoms with Gasteiger partial charge in [0.1, 0.15) is 0 Å². The number of hydrogen-bond donors (Lipinski definition) is 2. The monoisotopic (exact) mass is 318 g/mol. The summed E-state index contributed by atoms with van der Waals surface area (Å²) in [5, 5.41) is 12.2. The number of thioether (sulfide) groups is 1. The van der Waals surface area contributed by atoms with Crippen molar-refractivity contribution in [2.45, 2.75) is 28.5 Å². The Balaban J connectivity index is 2.46. The van der Waals surface area contributed by atoms with Gasteiger partial charge in [0.2, 0.25) is 0 Å². The summed E-state index contributed by atoms with van der Waals surface area (Å²) in [6.07, 6.45) is 1.98. The van der Waals surface area contributed by atoms with Gasteiger partial charge in [-0.3, -0.25) is 0 Å². The van der Waals surface area contributed by atoms with Crippen LogP contribution in [0.15, 0.2) is 56.2 Å². The topological polar surface area (TPSA) is 58.6 Å². The Kier molecular flexibility index (Phi) is 5.20. The molecule has 2 aromatic carbocycles. The van der Waals surface area contributed by atoms with Gasteiger partial charge in [0, 0.05) is 20.2 Å². The average Bonchev–Trinajstić information content (AvgIpc) is 2.50. The molecule has 0 saturated heterocycles. The van der Waals surface area contributed by atoms with Crippen molar-refractivity contribution >= 4 is 29.4 Å². The molecule has 110 valence electrons. The van der Waals surface area contributed by atoms with Gasteiger partial charge in [0.15, 0.2) is 5.84 Å². The van der Waals surface area contributed by atoms with Crippen LogP contribution in [0.25, 0.3) is 0 Å². The summed E-state index contributed by atoms with van der Waals surface area (Å²) in [6, 6.07) is 12.3. The fraction of sp³-hybridized carbons (Fsp3) is 0.188. The molecule has 0 radical (unpaired) electrons. The van der Waals surface area contributed by atoms with E-state index in [0.29, 0.717) is 0 Å². The summed E-state index contributed by atoms with van der Waals surface area (Å²) in [6.45, 7) is 4.20. The number of oxime groups is 1. The molecule has 3 nitrogen and oxygen atoms in total. The van der Waals surface area contributed by atoms with Crippen molar-refractivity contribution in [3.05, 3.63) is 53.1 Å². The van der Waals surface area contributed by atoms with Crippen LogP contribution in [0.3, 0.4) is 0 Å². The average molecular weight is 318 g/mol. The second-order valence-corrected chi connectivity index (χ2v) is 6.63. The fourth-order valence-electron chi connectivity index (χ4n) is 1.97. The molecule has 0 amide bonds. The van der Waals surface area contributed by atoms with Crippen LogP contribution in [0.2, 0.25) is 0 Å². The normalized spacial score (nSPS) is 11.7. The van der Waals surface area contributed by atoms with Crippen LogP contribution in [-0.4, -0.2) is 17.3 Å². The highest BCUT2D eigenvalue weighted by atomic mass is 32.2. The van der Waals surface area contributed by atoms with Gasteiger partial charge in [-0.1, -0.05) is 29.1 Å². The molecule has 0 bridgehead atoms. The summed E-state index contributed by atoms with van der Waals surface area (Å²) >= 11 is 3.21. The zero-order valence-corrected chi connectivity index (χ0v) is 13.9. The minimum absolute atomic E-state index is 0.145. The lowest BCUT2D eigenvalue weighted by atomic mass is 10.1. The maximum atomic E-state index is 9.02. The van der Waals surface area contributed by atoms with Gasteiger partial charge in [-0.05, 0) is 55.5 Å². The van der Waals surface area contributed by atoms with Crippen molar-refractivity contribution in [2.75, 3.05) is 6.26 Å². The molecular formula is C16H18N2OS2. The second-order valence-electron chi connectivity index (χ2n) is 4.67. The molecule has 3 N–H and O–H groups in total. The molecule has 0 saturated carbocycles. The highest BCUT2D eigenvalue weighted by Crippen LogP contribution is 2.35. The third-order valence-corrected chi connectivity index (χ3v) is 5.11. The standard InChI is InChI=1S/C16H18N2OS2/c1-10-7-8-12(9-11(10)2)21-14-6-4-5-13(20-3)15(14)16(17)18-19/h4-9,19H,1-3H3,(H2,17,18). The van der Waals surface area contributed by atoms with Crippen LogP contribution in [0.1, 0.15) is 16.7 Å². The van der Waals surface area contributed by atoms with Crippen molar-refractivity contribution in [2.24, 2.45) is 10.9 Å². The smallest absolute Gasteiger partial charge is 0.172 e. The number of rotatable bonds is 4. The van der Waals surface area contributed by atoms with Crippen LogP contribution in [0.5, 0.6) is 0 Å². The quantitative estimate of drug-likeness (QED) is 0.290. The van der Waals surface area contributed by atoms with E-state index in [4.69, 9.17) is 10.9 Å². The number of nitrogens with two attached hydrogens (primary N) is 1. The van der Waals surface area contributed by atoms with E-state index in [1.54, 1.807) is 23.5 Å². The zero-order valence-electron chi connectivity index (χ0n) is 12.3. The number of nitrogens with zero attached hydrogens (tertiary/aromatic N) is 1. The third kappa shape index (κ3) is 3.54. The molecule has 0 spiro atoms. The summed E-state index contributed by atoms with van der Waals surface area (Å²) in [5.41, 5.74) is 9.17. The molecule has 0 aliphatic heterocycles. The Bertz CT molecular complexity index is 684. The molecule has 5 heteroatoms. The Morgan fingerprint density at radius 1 is 1.10 bits per heavy atom. The van der Waals surface area contributed by atoms with Gasteiger partial charge < -0.3 is 10.9 Å². The maximum absolute atomic E-state index is 9.02. The van der Waals surface area contributed by atoms with E-state index < -0.39 is 0 Å². The van der Waals surface area contributed by atoms with E-state index >= 15 is 0 Å². The Hall–Kier alpha value is -1.59. The summed E-state index contributed by atoms with van der Waals surface area (Å²) < 4.78 is 0. The Labute approximate surface area is 133 Å². The molecule has 21 heavy (non-hydrogen) atoms. The minimum Gasteiger partial charge on any atom is -0.409 e. The van der Waals surface area contributed by atoms with Crippen LogP contribution in [0, 0.1) is 13.8 Å². The highest BCUT2D eigenvalue weighted by Gasteiger charge is 2.13. The van der Waals surface area contributed by atoms with Crippen molar-refractivity contribution in [1.29, 1.82) is 0 Å². The zero-order chi connectivity index (χ0) is 15.4. The SMILES string of the molecule is CSc1cccc(Sc2ccc(C)c(C)c2)c1/C(N)=N/O. The Morgan fingerprint density at radius 2 is 1.81 bits per heavy atom. The number of aryl methyl sites for hydroxylation is 2. The van der Waals surface area contributed by atoms with Crippen molar-refractivity contribution in [3.8, 4) is 0 Å². The Morgan fingerprint density at radius 3 is 2.43 bits per heavy atom. The molecule has 0 aliphatic rings. The first-order valence-corrected chi connectivity index (χ1v) is 8.51. The fourth-order valence-corrected chi connectivity index (χ4v) is 3.76. The largest absolute Gasteiger partial charge is 0.409 e. The third-order valence-electron chi connectivity index (χ3n) is 3.28. The first-order valence-electron chi connectivity index (χ1n) is 6.46. The second kappa shape index (κ2) is 6.91. The van der Waals surface area contributed by atoms with Gasteiger partial charge >= 0.3 is 0 Å². The lowest BCUT2D eigenvalue weighted by Gasteiger charge is -2.12. The van der Waals surface area contributed by atoms with Gasteiger partial charge in [0.05, 0.1) is 0 Å². The molecule has 0 fully saturated rings. The maximum Gasteiger partial charge on any atom is 0.172 e. The molecule has 2 aromatic rings. The first kappa shape index (κ1) is 15.8. The van der Waals surface area contributed by atoms with E-state index in [1.165, 1.54) is 11.1 Å². The lowest BCUT2D eigenvalue weighted by Crippen LogP contribution is -2.15. The molecule has 0 atom stereocenters. The van der Waals surface area contributed by atoms with Crippen LogP contribution in [0.4, 0.5) is 0 Å². The van der Waals surface area contributed by atoms with Gasteiger partial charge in [-0.15, -0.1) is 11.8 Å². The van der Waals surface area contributed by atoms with E-state index in [-0.39, 0.29) is 5.84 Å². The molecular weight excluding hydrogens is 300 g/mol. The van der Waals surface area contributed by atoms with Crippen LogP contribution >= 0.6 is 23.5 Å². The van der Waals surface area contributed by atoms with Crippen molar-refractivity contribution in [3.63, 3.8) is 0 Å². The van der Waals surface area contributed by atoms with E-state index in [2.05, 4.69) is 37.2 Å². The van der Waals surface area contributed by atoms with Gasteiger partial charge in [0.25, 0.3) is 0 Å². The summed E-state index contributed by atoms with van der Waals surface area (Å²) in [7, 11) is 0. The molecule has 0 unspecified atom stereocenters. The number of benzene rings is 2. The van der Waals surface area contributed by atoms with Gasteiger partial charge in [-0.2, -0.15) is 0 Å². The first-order chi connectivity index (χ1) is 10.1. The van der Waals surface area contributed by atoms with Crippen molar-refractivity contribution in [1.82, 2.24) is 0 Å².